The maximum Gasteiger partial charge on any atom is 0.118 e. The quantitative estimate of drug-likeness (QED) is 0.785. The molecule has 7 heteroatoms. The van der Waals surface area contributed by atoms with Gasteiger partial charge < -0.3 is 25.3 Å². The predicted octanol–water partition coefficient (Wildman–Crippen LogP) is 0.829. The monoisotopic (exact) mass is 384 g/mol. The van der Waals surface area contributed by atoms with Crippen LogP contribution in [0.25, 0.3) is 0 Å². The molecule has 0 spiro atoms. The van der Waals surface area contributed by atoms with Crippen molar-refractivity contribution in [2.45, 2.75) is 51.2 Å². The van der Waals surface area contributed by atoms with Gasteiger partial charge in [-0.2, -0.15) is 0 Å². The average molecular weight is 384 g/mol. The van der Waals surface area contributed by atoms with Crippen molar-refractivity contribution < 1.29 is 24.8 Å². The number of aryl methyl sites for hydroxylation is 1. The Morgan fingerprint density at radius 3 is 2.44 bits per heavy atom. The fraction of sp³-hybridized carbons (Fsp3) is 0.700. The second-order valence-electron chi connectivity index (χ2n) is 7.51. The van der Waals surface area contributed by atoms with Crippen LogP contribution in [0.1, 0.15) is 36.1 Å². The lowest BCUT2D eigenvalue weighted by Crippen LogP contribution is -2.46. The van der Waals surface area contributed by atoms with E-state index >= 15 is 0 Å². The first-order chi connectivity index (χ1) is 12.5. The highest BCUT2D eigenvalue weighted by Gasteiger charge is 2.37. The first-order valence-electron chi connectivity index (χ1n) is 9.63. The predicted molar refractivity (Wildman–Crippen MR) is 102 cm³/mol. The number of likely N-dealkylation sites (N-methyl/N-ethyl adjacent to an activating group) is 1. The van der Waals surface area contributed by atoms with E-state index in [0.717, 1.165) is 44.8 Å². The lowest BCUT2D eigenvalue weighted by molar-refractivity contribution is -0.174. The number of hydrogen-bond donors (Lipinski definition) is 2. The molecular formula is C20H33FN2O4. The van der Waals surface area contributed by atoms with Crippen molar-refractivity contribution in [1.29, 1.82) is 0 Å². The largest absolute Gasteiger partial charge is 0.412 e. The molecule has 0 aliphatic carbocycles. The molecule has 4 N–H and O–H groups in total. The summed E-state index contributed by atoms with van der Waals surface area (Å²) in [6, 6.07) is 6.17. The van der Waals surface area contributed by atoms with E-state index in [1.54, 1.807) is 0 Å². The van der Waals surface area contributed by atoms with Crippen LogP contribution in [-0.4, -0.2) is 83.2 Å². The smallest absolute Gasteiger partial charge is 0.118 e. The van der Waals surface area contributed by atoms with Crippen LogP contribution in [0, 0.1) is 6.92 Å². The molecule has 0 bridgehead atoms. The molecular weight excluding hydrogens is 351 g/mol. The molecule has 154 valence electrons. The first kappa shape index (κ1) is 22.2. The van der Waals surface area contributed by atoms with E-state index in [1.165, 1.54) is 11.1 Å². The Kier molecular flexibility index (Phi) is 8.15. The Morgan fingerprint density at radius 2 is 1.81 bits per heavy atom. The molecule has 2 heterocycles. The number of rotatable bonds is 5. The fourth-order valence-corrected chi connectivity index (χ4v) is 3.86. The van der Waals surface area contributed by atoms with E-state index in [-0.39, 0.29) is 18.0 Å². The zero-order valence-corrected chi connectivity index (χ0v) is 16.3. The molecule has 2 saturated heterocycles. The number of hydrogen-bond acceptors (Lipinski definition) is 5. The molecule has 3 rings (SSSR count). The van der Waals surface area contributed by atoms with E-state index in [0.29, 0.717) is 0 Å². The van der Waals surface area contributed by atoms with Crippen molar-refractivity contribution in [3.63, 3.8) is 0 Å². The van der Waals surface area contributed by atoms with E-state index in [9.17, 15) is 14.6 Å². The minimum atomic E-state index is -1.16. The van der Waals surface area contributed by atoms with Gasteiger partial charge in [-0.1, -0.05) is 25.1 Å². The van der Waals surface area contributed by atoms with Crippen LogP contribution in [0.15, 0.2) is 18.2 Å². The number of halogens is 1. The summed E-state index contributed by atoms with van der Waals surface area (Å²) in [6.07, 6.45) is -3.17. The fourth-order valence-electron chi connectivity index (χ4n) is 3.86. The minimum Gasteiger partial charge on any atom is -0.412 e. The van der Waals surface area contributed by atoms with Gasteiger partial charge in [0.25, 0.3) is 0 Å². The van der Waals surface area contributed by atoms with Crippen LogP contribution in [0.2, 0.25) is 0 Å². The summed E-state index contributed by atoms with van der Waals surface area (Å²) in [5.41, 5.74) is 3.42. The number of benzene rings is 1. The van der Waals surface area contributed by atoms with Gasteiger partial charge in [0.05, 0.1) is 12.2 Å². The van der Waals surface area contributed by atoms with Gasteiger partial charge in [0, 0.05) is 39.1 Å². The van der Waals surface area contributed by atoms with Crippen molar-refractivity contribution in [3.8, 4) is 0 Å². The van der Waals surface area contributed by atoms with Gasteiger partial charge in [-0.3, -0.25) is 4.90 Å². The molecule has 27 heavy (non-hydrogen) atoms. The normalized spacial score (nSPS) is 30.1. The summed E-state index contributed by atoms with van der Waals surface area (Å²) in [5, 5.41) is 19.9. The van der Waals surface area contributed by atoms with E-state index in [2.05, 4.69) is 35.8 Å². The topological polar surface area (TPSA) is 87.7 Å². The number of aliphatic hydroxyl groups is 2. The lowest BCUT2D eigenvalue weighted by Gasteiger charge is -2.37. The van der Waals surface area contributed by atoms with Gasteiger partial charge in [-0.15, -0.1) is 0 Å². The SMILES string of the molecule is CCN1CCN(Cc2cc([C@H]3C[C@@H](O)[C@H](O)[C@@H](CF)O3)ccc2C)CC1.O. The molecule has 6 nitrogen and oxygen atoms in total. The number of ether oxygens (including phenoxy) is 1. The van der Waals surface area contributed by atoms with E-state index < -0.39 is 25.0 Å². The highest BCUT2D eigenvalue weighted by molar-refractivity contribution is 5.33. The second kappa shape index (κ2) is 9.91. The molecule has 0 saturated carbocycles. The van der Waals surface area contributed by atoms with Gasteiger partial charge in [0.1, 0.15) is 18.9 Å². The molecule has 1 aromatic carbocycles. The van der Waals surface area contributed by atoms with Crippen molar-refractivity contribution in [2.24, 2.45) is 0 Å². The van der Waals surface area contributed by atoms with Crippen molar-refractivity contribution >= 4 is 0 Å². The van der Waals surface area contributed by atoms with Gasteiger partial charge >= 0.3 is 0 Å². The number of aliphatic hydroxyl groups excluding tert-OH is 2. The van der Waals surface area contributed by atoms with Crippen molar-refractivity contribution in [2.75, 3.05) is 39.4 Å². The lowest BCUT2D eigenvalue weighted by atomic mass is 9.92. The standard InChI is InChI=1S/C20H31FN2O3.H2O/c1-3-22-6-8-23(9-7-22)13-16-10-15(5-4-14(16)2)18-11-17(24)20(25)19(12-21)26-18;/h4-5,10,17-20,24-25H,3,6-9,11-13H2,1-2H3;1H2/t17-,18-,19-,20+;/m1./s1. The Bertz CT molecular complexity index is 595. The first-order valence-corrected chi connectivity index (χ1v) is 9.63. The van der Waals surface area contributed by atoms with Crippen LogP contribution < -0.4 is 0 Å². The summed E-state index contributed by atoms with van der Waals surface area (Å²) in [7, 11) is 0. The van der Waals surface area contributed by atoms with Gasteiger partial charge in [-0.25, -0.2) is 4.39 Å². The molecule has 2 aliphatic rings. The van der Waals surface area contributed by atoms with Crippen molar-refractivity contribution in [1.82, 2.24) is 9.80 Å². The molecule has 0 aromatic heterocycles. The molecule has 0 amide bonds. The van der Waals surface area contributed by atoms with Gasteiger partial charge in [-0.05, 0) is 30.2 Å². The molecule has 1 aromatic rings. The Hall–Kier alpha value is -1.09. The molecule has 0 radical (unpaired) electrons. The van der Waals surface area contributed by atoms with Crippen LogP contribution in [0.3, 0.4) is 0 Å². The Labute approximate surface area is 160 Å². The maximum absolute atomic E-state index is 13.1. The number of alkyl halides is 1. The van der Waals surface area contributed by atoms with Crippen LogP contribution in [0.4, 0.5) is 4.39 Å². The van der Waals surface area contributed by atoms with Crippen LogP contribution in [-0.2, 0) is 11.3 Å². The Morgan fingerprint density at radius 1 is 1.15 bits per heavy atom. The zero-order chi connectivity index (χ0) is 18.7. The summed E-state index contributed by atoms with van der Waals surface area (Å²) < 4.78 is 18.8. The number of piperazine rings is 1. The molecule has 4 atom stereocenters. The van der Waals surface area contributed by atoms with E-state index in [4.69, 9.17) is 4.74 Å². The molecule has 0 unspecified atom stereocenters. The summed E-state index contributed by atoms with van der Waals surface area (Å²) in [4.78, 5) is 4.92. The van der Waals surface area contributed by atoms with Crippen LogP contribution in [0.5, 0.6) is 0 Å². The molecule has 2 aliphatic heterocycles. The Balaban J connectivity index is 0.00000261. The second-order valence-corrected chi connectivity index (χ2v) is 7.51. The summed E-state index contributed by atoms with van der Waals surface area (Å²) >= 11 is 0. The third kappa shape index (κ3) is 5.25. The molecule has 2 fully saturated rings. The summed E-state index contributed by atoms with van der Waals surface area (Å²) in [5.74, 6) is 0. The highest BCUT2D eigenvalue weighted by Crippen LogP contribution is 2.33. The average Bonchev–Trinajstić information content (AvgIpc) is 2.66. The summed E-state index contributed by atoms with van der Waals surface area (Å²) in [6.45, 7) is 9.82. The van der Waals surface area contributed by atoms with Crippen molar-refractivity contribution in [3.05, 3.63) is 34.9 Å². The number of nitrogens with zero attached hydrogens (tertiary/aromatic N) is 2. The highest BCUT2D eigenvalue weighted by atomic mass is 19.1. The maximum atomic E-state index is 13.1. The van der Waals surface area contributed by atoms with E-state index in [1.807, 2.05) is 6.07 Å². The zero-order valence-electron chi connectivity index (χ0n) is 16.3. The minimum absolute atomic E-state index is 0. The van der Waals surface area contributed by atoms with Gasteiger partial charge in [0.2, 0.25) is 0 Å². The third-order valence-electron chi connectivity index (χ3n) is 5.77. The van der Waals surface area contributed by atoms with Gasteiger partial charge in [0.15, 0.2) is 0 Å². The van der Waals surface area contributed by atoms with Crippen LogP contribution >= 0.6 is 0 Å². The third-order valence-corrected chi connectivity index (χ3v) is 5.77.